The Morgan fingerprint density at radius 2 is 2.14 bits per heavy atom. The second kappa shape index (κ2) is 6.86. The van der Waals surface area contributed by atoms with E-state index in [0.717, 1.165) is 42.8 Å². The molecule has 1 N–H and O–H groups in total. The number of nitrogens with one attached hydrogen (secondary N) is 1. The largest absolute Gasteiger partial charge is 0.459 e. The summed E-state index contributed by atoms with van der Waals surface area (Å²) in [6, 6.07) is 9.11. The summed E-state index contributed by atoms with van der Waals surface area (Å²) >= 11 is 1.89. The van der Waals surface area contributed by atoms with Crippen molar-refractivity contribution < 1.29 is 4.42 Å². The van der Waals surface area contributed by atoms with E-state index < -0.39 is 0 Å². The van der Waals surface area contributed by atoms with Gasteiger partial charge >= 0.3 is 0 Å². The number of fused-ring (bicyclic) bond motifs is 1. The molecule has 3 nitrogen and oxygen atoms in total. The van der Waals surface area contributed by atoms with Crippen molar-refractivity contribution in [2.24, 2.45) is 0 Å². The summed E-state index contributed by atoms with van der Waals surface area (Å²) in [6.45, 7) is 2.90. The van der Waals surface area contributed by atoms with Crippen LogP contribution in [0, 0.1) is 0 Å². The topological polar surface area (TPSA) is 28.4 Å². The third kappa shape index (κ3) is 3.82. The molecule has 4 heteroatoms. The van der Waals surface area contributed by atoms with E-state index in [1.54, 1.807) is 0 Å². The Labute approximate surface area is 131 Å². The molecule has 3 rings (SSSR count). The number of hydrogen-bond acceptors (Lipinski definition) is 4. The van der Waals surface area contributed by atoms with Crippen molar-refractivity contribution in [2.75, 3.05) is 25.6 Å². The lowest BCUT2D eigenvalue weighted by Gasteiger charge is -2.15. The molecule has 114 valence electrons. The molecule has 0 saturated heterocycles. The number of hydrogen-bond donors (Lipinski definition) is 1. The molecule has 1 heterocycles. The quantitative estimate of drug-likeness (QED) is 0.808. The predicted molar refractivity (Wildman–Crippen MR) is 90.8 cm³/mol. The molecule has 0 radical (unpaired) electrons. The Morgan fingerprint density at radius 3 is 2.90 bits per heavy atom. The number of furan rings is 1. The fourth-order valence-electron chi connectivity index (χ4n) is 2.58. The molecular formula is C17H24N2OS. The van der Waals surface area contributed by atoms with Gasteiger partial charge in [-0.15, -0.1) is 0 Å². The van der Waals surface area contributed by atoms with Gasteiger partial charge in [-0.3, -0.25) is 4.90 Å². The molecule has 1 aromatic carbocycles. The number of thioether (sulfide) groups is 1. The van der Waals surface area contributed by atoms with Gasteiger partial charge in [0.15, 0.2) is 0 Å². The van der Waals surface area contributed by atoms with Crippen LogP contribution in [0.2, 0.25) is 0 Å². The van der Waals surface area contributed by atoms with Crippen molar-refractivity contribution in [3.8, 4) is 0 Å². The summed E-state index contributed by atoms with van der Waals surface area (Å²) in [6.07, 6.45) is 4.79. The Balaban J connectivity index is 1.79. The van der Waals surface area contributed by atoms with Crippen LogP contribution in [-0.4, -0.2) is 36.5 Å². The maximum Gasteiger partial charge on any atom is 0.134 e. The van der Waals surface area contributed by atoms with E-state index in [4.69, 9.17) is 4.42 Å². The predicted octanol–water partition coefficient (Wildman–Crippen LogP) is 3.48. The molecule has 21 heavy (non-hydrogen) atoms. The van der Waals surface area contributed by atoms with Gasteiger partial charge in [0.25, 0.3) is 0 Å². The molecular weight excluding hydrogens is 280 g/mol. The van der Waals surface area contributed by atoms with Gasteiger partial charge in [-0.05, 0) is 32.2 Å². The summed E-state index contributed by atoms with van der Waals surface area (Å²) in [5.41, 5.74) is 2.35. The van der Waals surface area contributed by atoms with Crippen LogP contribution < -0.4 is 5.32 Å². The lowest BCUT2D eigenvalue weighted by Crippen LogP contribution is -2.22. The standard InChI is InChI=1S/C17H24N2OS/c1-19(9-10-21-2)12-17-15(11-18-13-7-8-13)14-5-3-4-6-16(14)20-17/h3-6,13,18H,7-12H2,1-2H3. The average Bonchev–Trinajstić information content (AvgIpc) is 3.25. The van der Waals surface area contributed by atoms with Crippen molar-refractivity contribution in [3.05, 3.63) is 35.6 Å². The van der Waals surface area contributed by atoms with Crippen LogP contribution in [-0.2, 0) is 13.1 Å². The van der Waals surface area contributed by atoms with E-state index in [0.29, 0.717) is 0 Å². The summed E-state index contributed by atoms with van der Waals surface area (Å²) in [5.74, 6) is 2.28. The number of benzene rings is 1. The Morgan fingerprint density at radius 1 is 1.33 bits per heavy atom. The molecule has 1 aliphatic rings. The highest BCUT2D eigenvalue weighted by Crippen LogP contribution is 2.28. The molecule has 0 unspecified atom stereocenters. The Kier molecular flexibility index (Phi) is 4.88. The van der Waals surface area contributed by atoms with Gasteiger partial charge in [-0.25, -0.2) is 0 Å². The lowest BCUT2D eigenvalue weighted by atomic mass is 10.1. The number of para-hydroxylation sites is 1. The second-order valence-corrected chi connectivity index (χ2v) is 6.87. The van der Waals surface area contributed by atoms with Crippen molar-refractivity contribution in [2.45, 2.75) is 32.0 Å². The minimum atomic E-state index is 0.723. The third-order valence-corrected chi connectivity index (χ3v) is 4.61. The second-order valence-electron chi connectivity index (χ2n) is 5.89. The van der Waals surface area contributed by atoms with E-state index >= 15 is 0 Å². The van der Waals surface area contributed by atoms with E-state index in [1.807, 2.05) is 17.8 Å². The van der Waals surface area contributed by atoms with Gasteiger partial charge in [0, 0.05) is 35.8 Å². The van der Waals surface area contributed by atoms with Gasteiger partial charge in [-0.1, -0.05) is 18.2 Å². The third-order valence-electron chi connectivity index (χ3n) is 4.02. The minimum Gasteiger partial charge on any atom is -0.459 e. The normalized spacial score (nSPS) is 15.2. The lowest BCUT2D eigenvalue weighted by molar-refractivity contribution is 0.314. The SMILES string of the molecule is CSCCN(C)Cc1oc2ccccc2c1CNC1CC1. The Hall–Kier alpha value is -0.970. The molecule has 0 aliphatic heterocycles. The Bertz CT molecular complexity index is 591. The molecule has 1 fully saturated rings. The maximum atomic E-state index is 6.11. The monoisotopic (exact) mass is 304 g/mol. The molecule has 0 bridgehead atoms. The zero-order valence-corrected chi connectivity index (χ0v) is 13.7. The van der Waals surface area contributed by atoms with Crippen molar-refractivity contribution in [1.29, 1.82) is 0 Å². The van der Waals surface area contributed by atoms with Gasteiger partial charge in [0.2, 0.25) is 0 Å². The van der Waals surface area contributed by atoms with Crippen molar-refractivity contribution in [3.63, 3.8) is 0 Å². The highest BCUT2D eigenvalue weighted by molar-refractivity contribution is 7.98. The van der Waals surface area contributed by atoms with E-state index in [2.05, 4.69) is 41.7 Å². The highest BCUT2D eigenvalue weighted by Gasteiger charge is 2.22. The van der Waals surface area contributed by atoms with E-state index in [9.17, 15) is 0 Å². The number of nitrogens with zero attached hydrogens (tertiary/aromatic N) is 1. The summed E-state index contributed by atoms with van der Waals surface area (Å²) in [4.78, 5) is 2.34. The zero-order valence-electron chi connectivity index (χ0n) is 12.9. The van der Waals surface area contributed by atoms with Crippen LogP contribution in [0.4, 0.5) is 0 Å². The molecule has 1 aliphatic carbocycles. The average molecular weight is 304 g/mol. The molecule has 0 amide bonds. The first kappa shape index (κ1) is 14.9. The van der Waals surface area contributed by atoms with Crippen LogP contribution >= 0.6 is 11.8 Å². The van der Waals surface area contributed by atoms with E-state index in [1.165, 1.54) is 23.8 Å². The van der Waals surface area contributed by atoms with Gasteiger partial charge < -0.3 is 9.73 Å². The van der Waals surface area contributed by atoms with Crippen LogP contribution in [0.25, 0.3) is 11.0 Å². The molecule has 1 saturated carbocycles. The van der Waals surface area contributed by atoms with Crippen LogP contribution in [0.1, 0.15) is 24.2 Å². The molecule has 1 aromatic heterocycles. The fourth-order valence-corrected chi connectivity index (χ4v) is 3.07. The number of rotatable bonds is 8. The van der Waals surface area contributed by atoms with Gasteiger partial charge in [0.05, 0.1) is 6.54 Å². The van der Waals surface area contributed by atoms with Crippen molar-refractivity contribution in [1.82, 2.24) is 10.2 Å². The van der Waals surface area contributed by atoms with Crippen LogP contribution in [0.5, 0.6) is 0 Å². The van der Waals surface area contributed by atoms with Crippen LogP contribution in [0.15, 0.2) is 28.7 Å². The molecule has 2 aromatic rings. The molecule has 0 atom stereocenters. The van der Waals surface area contributed by atoms with Crippen LogP contribution in [0.3, 0.4) is 0 Å². The summed E-state index contributed by atoms with van der Waals surface area (Å²) in [5, 5.41) is 4.89. The minimum absolute atomic E-state index is 0.723. The highest BCUT2D eigenvalue weighted by atomic mass is 32.2. The van der Waals surface area contributed by atoms with Crippen molar-refractivity contribution >= 4 is 22.7 Å². The summed E-state index contributed by atoms with van der Waals surface area (Å²) in [7, 11) is 2.17. The van der Waals surface area contributed by atoms with Gasteiger partial charge in [-0.2, -0.15) is 11.8 Å². The van der Waals surface area contributed by atoms with Gasteiger partial charge in [0.1, 0.15) is 11.3 Å². The first-order valence-corrected chi connectivity index (χ1v) is 9.07. The smallest absolute Gasteiger partial charge is 0.134 e. The summed E-state index contributed by atoms with van der Waals surface area (Å²) < 4.78 is 6.11. The molecule has 0 spiro atoms. The maximum absolute atomic E-state index is 6.11. The van der Waals surface area contributed by atoms with E-state index in [-0.39, 0.29) is 0 Å². The first-order chi connectivity index (χ1) is 10.3. The first-order valence-electron chi connectivity index (χ1n) is 7.68. The fraction of sp³-hybridized carbons (Fsp3) is 0.529. The zero-order chi connectivity index (χ0) is 14.7.